The van der Waals surface area contributed by atoms with E-state index in [-0.39, 0.29) is 5.91 Å². The van der Waals surface area contributed by atoms with Gasteiger partial charge in [0.15, 0.2) is 11.5 Å². The van der Waals surface area contributed by atoms with Gasteiger partial charge in [0.1, 0.15) is 0 Å². The van der Waals surface area contributed by atoms with Crippen LogP contribution in [0, 0.1) is 6.92 Å². The van der Waals surface area contributed by atoms with Gasteiger partial charge in [0, 0.05) is 15.7 Å². The van der Waals surface area contributed by atoms with Crippen LogP contribution in [0.5, 0.6) is 17.2 Å². The average molecular weight is 422 g/mol. The van der Waals surface area contributed by atoms with E-state index in [4.69, 9.17) is 14.2 Å². The number of carbonyl (C=O) groups excluding carboxylic acids is 1. The first-order valence-corrected chi connectivity index (χ1v) is 9.43. The maximum absolute atomic E-state index is 12.7. The van der Waals surface area contributed by atoms with Crippen molar-refractivity contribution in [3.8, 4) is 17.2 Å². The molecule has 1 N–H and O–H groups in total. The van der Waals surface area contributed by atoms with Gasteiger partial charge in [-0.1, -0.05) is 15.9 Å². The maximum Gasteiger partial charge on any atom is 0.255 e. The molecular formula is C20H24BrNO4. The molecule has 2 rings (SSSR count). The smallest absolute Gasteiger partial charge is 0.255 e. The molecule has 0 atom stereocenters. The quantitative estimate of drug-likeness (QED) is 0.635. The number of anilines is 1. The van der Waals surface area contributed by atoms with Crippen LogP contribution in [-0.4, -0.2) is 25.7 Å². The SMILES string of the molecule is CCOc1cc(C(=O)Nc2ccc(Br)c(C)c2)cc(OCC)c1OCC. The lowest BCUT2D eigenvalue weighted by Gasteiger charge is -2.17. The molecule has 0 radical (unpaired) electrons. The summed E-state index contributed by atoms with van der Waals surface area (Å²) in [7, 11) is 0. The van der Waals surface area contributed by atoms with Crippen LogP contribution < -0.4 is 19.5 Å². The van der Waals surface area contributed by atoms with Gasteiger partial charge in [-0.2, -0.15) is 0 Å². The van der Waals surface area contributed by atoms with E-state index in [1.54, 1.807) is 12.1 Å². The van der Waals surface area contributed by atoms with Gasteiger partial charge in [0.05, 0.1) is 19.8 Å². The third kappa shape index (κ3) is 4.91. The zero-order chi connectivity index (χ0) is 19.1. The number of amides is 1. The number of hydrogen-bond donors (Lipinski definition) is 1. The minimum atomic E-state index is -0.239. The van der Waals surface area contributed by atoms with Crippen LogP contribution in [0.15, 0.2) is 34.8 Å². The summed E-state index contributed by atoms with van der Waals surface area (Å²) in [5, 5.41) is 2.90. The van der Waals surface area contributed by atoms with Crippen molar-refractivity contribution in [2.45, 2.75) is 27.7 Å². The van der Waals surface area contributed by atoms with Crippen LogP contribution in [0.2, 0.25) is 0 Å². The number of hydrogen-bond acceptors (Lipinski definition) is 4. The molecule has 2 aromatic carbocycles. The molecule has 2 aromatic rings. The zero-order valence-electron chi connectivity index (χ0n) is 15.5. The second kappa shape index (κ2) is 9.48. The second-order valence-electron chi connectivity index (χ2n) is 5.52. The van der Waals surface area contributed by atoms with E-state index in [0.29, 0.717) is 42.6 Å². The molecule has 6 heteroatoms. The summed E-state index contributed by atoms with van der Waals surface area (Å²) in [6.07, 6.45) is 0. The Balaban J connectivity index is 2.36. The molecule has 0 fully saturated rings. The summed E-state index contributed by atoms with van der Waals surface area (Å²) in [5.74, 6) is 1.28. The molecule has 0 spiro atoms. The highest BCUT2D eigenvalue weighted by atomic mass is 79.9. The van der Waals surface area contributed by atoms with E-state index in [1.165, 1.54) is 0 Å². The van der Waals surface area contributed by atoms with Gasteiger partial charge in [-0.25, -0.2) is 0 Å². The fourth-order valence-corrected chi connectivity index (χ4v) is 2.69. The lowest BCUT2D eigenvalue weighted by molar-refractivity contribution is 0.102. The summed E-state index contributed by atoms with van der Waals surface area (Å²) in [6, 6.07) is 9.01. The fraction of sp³-hybridized carbons (Fsp3) is 0.350. The molecule has 0 aliphatic rings. The zero-order valence-corrected chi connectivity index (χ0v) is 17.1. The Morgan fingerprint density at radius 2 is 1.54 bits per heavy atom. The lowest BCUT2D eigenvalue weighted by atomic mass is 10.1. The van der Waals surface area contributed by atoms with Crippen molar-refractivity contribution in [3.63, 3.8) is 0 Å². The number of nitrogens with one attached hydrogen (secondary N) is 1. The summed E-state index contributed by atoms with van der Waals surface area (Å²) in [6.45, 7) is 9.02. The normalized spacial score (nSPS) is 10.3. The number of halogens is 1. The molecule has 0 saturated carbocycles. The number of rotatable bonds is 8. The van der Waals surface area contributed by atoms with Crippen molar-refractivity contribution in [2.24, 2.45) is 0 Å². The minimum Gasteiger partial charge on any atom is -0.490 e. The molecule has 5 nitrogen and oxygen atoms in total. The molecule has 1 amide bonds. The van der Waals surface area contributed by atoms with Crippen LogP contribution >= 0.6 is 15.9 Å². The van der Waals surface area contributed by atoms with Crippen LogP contribution in [0.25, 0.3) is 0 Å². The molecule has 140 valence electrons. The highest BCUT2D eigenvalue weighted by Crippen LogP contribution is 2.39. The highest BCUT2D eigenvalue weighted by molar-refractivity contribution is 9.10. The maximum atomic E-state index is 12.7. The molecule has 0 heterocycles. The first-order chi connectivity index (χ1) is 12.5. The number of aryl methyl sites for hydroxylation is 1. The van der Waals surface area contributed by atoms with Crippen LogP contribution in [0.3, 0.4) is 0 Å². The molecule has 26 heavy (non-hydrogen) atoms. The van der Waals surface area contributed by atoms with E-state index in [9.17, 15) is 4.79 Å². The third-order valence-electron chi connectivity index (χ3n) is 3.59. The monoisotopic (exact) mass is 421 g/mol. The Morgan fingerprint density at radius 1 is 0.962 bits per heavy atom. The topological polar surface area (TPSA) is 56.8 Å². The summed E-state index contributed by atoms with van der Waals surface area (Å²) in [5.41, 5.74) is 2.21. The van der Waals surface area contributed by atoms with Gasteiger partial charge in [-0.05, 0) is 63.6 Å². The molecule has 0 bridgehead atoms. The number of ether oxygens (including phenoxy) is 3. The molecule has 0 unspecified atom stereocenters. The molecule has 0 aliphatic heterocycles. The predicted octanol–water partition coefficient (Wildman–Crippen LogP) is 5.21. The van der Waals surface area contributed by atoms with Gasteiger partial charge in [0.2, 0.25) is 5.75 Å². The summed E-state index contributed by atoms with van der Waals surface area (Å²) < 4.78 is 18.0. The van der Waals surface area contributed by atoms with Crippen molar-refractivity contribution in [2.75, 3.05) is 25.1 Å². The van der Waals surface area contributed by atoms with Crippen molar-refractivity contribution in [1.82, 2.24) is 0 Å². The van der Waals surface area contributed by atoms with E-state index < -0.39 is 0 Å². The van der Waals surface area contributed by atoms with Crippen LogP contribution in [-0.2, 0) is 0 Å². The van der Waals surface area contributed by atoms with Crippen LogP contribution in [0.1, 0.15) is 36.7 Å². The highest BCUT2D eigenvalue weighted by Gasteiger charge is 2.18. The largest absolute Gasteiger partial charge is 0.490 e. The van der Waals surface area contributed by atoms with Crippen molar-refractivity contribution in [1.29, 1.82) is 0 Å². The molecular weight excluding hydrogens is 398 g/mol. The second-order valence-corrected chi connectivity index (χ2v) is 6.37. The van der Waals surface area contributed by atoms with Gasteiger partial charge in [-0.3, -0.25) is 4.79 Å². The Morgan fingerprint density at radius 3 is 2.04 bits per heavy atom. The number of carbonyl (C=O) groups is 1. The van der Waals surface area contributed by atoms with E-state index in [2.05, 4.69) is 21.2 Å². The first kappa shape index (κ1) is 20.1. The Labute approximate surface area is 162 Å². The fourth-order valence-electron chi connectivity index (χ4n) is 2.45. The van der Waals surface area contributed by atoms with Gasteiger partial charge in [0.25, 0.3) is 5.91 Å². The summed E-state index contributed by atoms with van der Waals surface area (Å²) in [4.78, 5) is 12.7. The first-order valence-electron chi connectivity index (χ1n) is 8.64. The van der Waals surface area contributed by atoms with Crippen molar-refractivity contribution < 1.29 is 19.0 Å². The Hall–Kier alpha value is -2.21. The number of benzene rings is 2. The van der Waals surface area contributed by atoms with Crippen molar-refractivity contribution in [3.05, 3.63) is 45.9 Å². The van der Waals surface area contributed by atoms with E-state index in [1.807, 2.05) is 45.9 Å². The summed E-state index contributed by atoms with van der Waals surface area (Å²) >= 11 is 3.46. The molecule has 0 aliphatic carbocycles. The Kier molecular flexibility index (Phi) is 7.33. The molecule has 0 saturated heterocycles. The third-order valence-corrected chi connectivity index (χ3v) is 4.48. The lowest BCUT2D eigenvalue weighted by Crippen LogP contribution is -2.13. The molecule has 0 aromatic heterocycles. The van der Waals surface area contributed by atoms with Crippen molar-refractivity contribution >= 4 is 27.5 Å². The van der Waals surface area contributed by atoms with Gasteiger partial charge >= 0.3 is 0 Å². The minimum absolute atomic E-state index is 0.239. The van der Waals surface area contributed by atoms with Crippen LogP contribution in [0.4, 0.5) is 5.69 Å². The van der Waals surface area contributed by atoms with Gasteiger partial charge < -0.3 is 19.5 Å². The average Bonchev–Trinajstić information content (AvgIpc) is 2.61. The standard InChI is InChI=1S/C20H24BrNO4/c1-5-24-17-11-14(12-18(25-6-2)19(17)26-7-3)20(23)22-15-8-9-16(21)13(4)10-15/h8-12H,5-7H2,1-4H3,(H,22,23). The van der Waals surface area contributed by atoms with Gasteiger partial charge in [-0.15, -0.1) is 0 Å². The van der Waals surface area contributed by atoms with E-state index in [0.717, 1.165) is 15.7 Å². The van der Waals surface area contributed by atoms with E-state index >= 15 is 0 Å². The Bertz CT molecular complexity index is 749. The predicted molar refractivity (Wildman–Crippen MR) is 107 cm³/mol.